The van der Waals surface area contributed by atoms with Crippen LogP contribution in [0.4, 0.5) is 5.69 Å². The fourth-order valence-corrected chi connectivity index (χ4v) is 4.67. The summed E-state index contributed by atoms with van der Waals surface area (Å²) in [7, 11) is 1.61. The highest BCUT2D eigenvalue weighted by atomic mass is 35.5. The van der Waals surface area contributed by atoms with Crippen molar-refractivity contribution in [2.45, 2.75) is 40.3 Å². The number of fused-ring (bicyclic) bond motifs is 1. The number of para-hydroxylation sites is 1. The highest BCUT2D eigenvalue weighted by Gasteiger charge is 2.16. The summed E-state index contributed by atoms with van der Waals surface area (Å²) in [5, 5.41) is 5.93. The van der Waals surface area contributed by atoms with Crippen LogP contribution in [0.2, 0.25) is 5.02 Å². The molecule has 3 rings (SSSR count). The summed E-state index contributed by atoms with van der Waals surface area (Å²) >= 11 is 12.2. The van der Waals surface area contributed by atoms with Gasteiger partial charge in [-0.25, -0.2) is 0 Å². The normalized spacial score (nSPS) is 11.2. The Bertz CT molecular complexity index is 1060. The number of hydrogen-bond donors (Lipinski definition) is 1. The molecule has 0 aliphatic rings. The molecule has 0 saturated heterocycles. The first kappa shape index (κ1) is 25.3. The Hall–Kier alpha value is -2.28. The highest BCUT2D eigenvalue weighted by Crippen LogP contribution is 2.28. The Morgan fingerprint density at radius 1 is 1.09 bits per heavy atom. The first-order valence-electron chi connectivity index (χ1n) is 11.7. The van der Waals surface area contributed by atoms with Crippen molar-refractivity contribution in [1.29, 1.82) is 0 Å². The van der Waals surface area contributed by atoms with E-state index in [4.69, 9.17) is 28.6 Å². The van der Waals surface area contributed by atoms with Crippen LogP contribution in [0.1, 0.15) is 32.8 Å². The predicted molar refractivity (Wildman–Crippen MR) is 145 cm³/mol. The molecule has 5 nitrogen and oxygen atoms in total. The van der Waals surface area contributed by atoms with E-state index in [1.165, 1.54) is 16.5 Å². The van der Waals surface area contributed by atoms with E-state index in [-0.39, 0.29) is 0 Å². The number of aryl methyl sites for hydroxylation is 1. The van der Waals surface area contributed by atoms with Crippen molar-refractivity contribution in [3.8, 4) is 5.75 Å². The molecule has 0 amide bonds. The topological polar surface area (TPSA) is 32.7 Å². The number of methoxy groups -OCH3 is 1. The summed E-state index contributed by atoms with van der Waals surface area (Å²) in [5.41, 5.74) is 3.40. The molecule has 0 bridgehead atoms. The molecule has 2 aromatic carbocycles. The molecule has 0 radical (unpaired) electrons. The quantitative estimate of drug-likeness (QED) is 0.324. The van der Waals surface area contributed by atoms with Crippen molar-refractivity contribution in [3.63, 3.8) is 0 Å². The van der Waals surface area contributed by atoms with Crippen LogP contribution in [-0.4, -0.2) is 52.8 Å². The van der Waals surface area contributed by atoms with E-state index >= 15 is 0 Å². The SMILES string of the molecule is CCN(CC)CCCN(Cc1cn(CC)c2ccccc12)C(=S)Nc1ccc(OC)c(Cl)c1. The Balaban J connectivity index is 1.81. The zero-order chi connectivity index (χ0) is 23.8. The Labute approximate surface area is 208 Å². The molecule has 0 saturated carbocycles. The zero-order valence-corrected chi connectivity index (χ0v) is 21.7. The molecule has 1 N–H and O–H groups in total. The van der Waals surface area contributed by atoms with Crippen LogP contribution >= 0.6 is 23.8 Å². The van der Waals surface area contributed by atoms with Crippen molar-refractivity contribution < 1.29 is 4.74 Å². The van der Waals surface area contributed by atoms with Crippen LogP contribution < -0.4 is 10.1 Å². The predicted octanol–water partition coefficient (Wildman–Crippen LogP) is 6.25. The molecule has 1 aromatic heterocycles. The van der Waals surface area contributed by atoms with Crippen molar-refractivity contribution in [1.82, 2.24) is 14.4 Å². The maximum absolute atomic E-state index is 6.33. The third-order valence-corrected chi connectivity index (χ3v) is 6.72. The number of nitrogens with zero attached hydrogens (tertiary/aromatic N) is 3. The molecule has 7 heteroatoms. The van der Waals surface area contributed by atoms with Crippen LogP contribution in [0.15, 0.2) is 48.7 Å². The van der Waals surface area contributed by atoms with Crippen molar-refractivity contribution >= 4 is 45.5 Å². The van der Waals surface area contributed by atoms with Gasteiger partial charge in [-0.05, 0) is 75.0 Å². The minimum Gasteiger partial charge on any atom is -0.495 e. The summed E-state index contributed by atoms with van der Waals surface area (Å²) in [4.78, 5) is 4.71. The fourth-order valence-electron chi connectivity index (χ4n) is 4.14. The first-order valence-corrected chi connectivity index (χ1v) is 12.5. The molecule has 0 atom stereocenters. The van der Waals surface area contributed by atoms with Gasteiger partial charge in [-0.3, -0.25) is 0 Å². The van der Waals surface area contributed by atoms with E-state index in [1.807, 2.05) is 18.2 Å². The average molecular weight is 487 g/mol. The summed E-state index contributed by atoms with van der Waals surface area (Å²) in [6, 6.07) is 14.2. The minimum atomic E-state index is 0.560. The molecular weight excluding hydrogens is 452 g/mol. The molecule has 1 heterocycles. The lowest BCUT2D eigenvalue weighted by Gasteiger charge is -2.27. The lowest BCUT2D eigenvalue weighted by atomic mass is 10.1. The average Bonchev–Trinajstić information content (AvgIpc) is 3.19. The minimum absolute atomic E-state index is 0.560. The lowest BCUT2D eigenvalue weighted by Crippen LogP contribution is -2.36. The van der Waals surface area contributed by atoms with Crippen molar-refractivity contribution in [2.24, 2.45) is 0 Å². The Morgan fingerprint density at radius 2 is 1.85 bits per heavy atom. The monoisotopic (exact) mass is 486 g/mol. The van der Waals surface area contributed by atoms with E-state index in [0.29, 0.717) is 15.9 Å². The molecular formula is C26H35ClN4OS. The number of nitrogens with one attached hydrogen (secondary N) is 1. The maximum atomic E-state index is 6.33. The summed E-state index contributed by atoms with van der Waals surface area (Å²) in [5.74, 6) is 0.650. The fraction of sp³-hybridized carbons (Fsp3) is 0.423. The van der Waals surface area contributed by atoms with Gasteiger partial charge < -0.3 is 24.4 Å². The van der Waals surface area contributed by atoms with Gasteiger partial charge in [0.05, 0.1) is 12.1 Å². The summed E-state index contributed by atoms with van der Waals surface area (Å²) in [6.45, 7) is 12.3. The third kappa shape index (κ3) is 6.40. The molecule has 0 spiro atoms. The molecule has 178 valence electrons. The number of benzene rings is 2. The number of thiocarbonyl (C=S) groups is 1. The van der Waals surface area contributed by atoms with E-state index in [9.17, 15) is 0 Å². The largest absolute Gasteiger partial charge is 0.495 e. The van der Waals surface area contributed by atoms with Gasteiger partial charge in [0.25, 0.3) is 0 Å². The van der Waals surface area contributed by atoms with Crippen molar-refractivity contribution in [3.05, 3.63) is 59.2 Å². The molecule has 3 aromatic rings. The van der Waals surface area contributed by atoms with Gasteiger partial charge in [0.1, 0.15) is 5.75 Å². The number of rotatable bonds is 11. The maximum Gasteiger partial charge on any atom is 0.173 e. The lowest BCUT2D eigenvalue weighted by molar-refractivity contribution is 0.281. The summed E-state index contributed by atoms with van der Waals surface area (Å²) < 4.78 is 7.58. The van der Waals surface area contributed by atoms with Crippen LogP contribution in [0.5, 0.6) is 5.75 Å². The van der Waals surface area contributed by atoms with Gasteiger partial charge in [-0.1, -0.05) is 43.6 Å². The van der Waals surface area contributed by atoms with E-state index in [1.54, 1.807) is 7.11 Å². The number of ether oxygens (including phenoxy) is 1. The van der Waals surface area contributed by atoms with Crippen molar-refractivity contribution in [2.75, 3.05) is 38.6 Å². The second kappa shape index (κ2) is 12.3. The molecule has 0 fully saturated rings. The Kier molecular flexibility index (Phi) is 9.41. The zero-order valence-electron chi connectivity index (χ0n) is 20.1. The van der Waals surface area contributed by atoms with Gasteiger partial charge in [-0.2, -0.15) is 0 Å². The van der Waals surface area contributed by atoms with Gasteiger partial charge >= 0.3 is 0 Å². The number of anilines is 1. The third-order valence-electron chi connectivity index (χ3n) is 6.06. The van der Waals surface area contributed by atoms with Crippen LogP contribution in [0.3, 0.4) is 0 Å². The van der Waals surface area contributed by atoms with E-state index < -0.39 is 0 Å². The first-order chi connectivity index (χ1) is 16.0. The highest BCUT2D eigenvalue weighted by molar-refractivity contribution is 7.80. The second-order valence-electron chi connectivity index (χ2n) is 8.04. The Morgan fingerprint density at radius 3 is 2.52 bits per heavy atom. The smallest absolute Gasteiger partial charge is 0.173 e. The molecule has 33 heavy (non-hydrogen) atoms. The van der Waals surface area contributed by atoms with Crippen LogP contribution in [0, 0.1) is 0 Å². The second-order valence-corrected chi connectivity index (χ2v) is 8.83. The molecule has 0 unspecified atom stereocenters. The number of aromatic nitrogens is 1. The van der Waals surface area contributed by atoms with E-state index in [2.05, 4.69) is 70.9 Å². The standard InChI is InChI=1S/C26H35ClN4OS/c1-5-29(6-2)15-10-16-31(26(33)28-21-13-14-25(32-4)23(27)17-21)19-20-18-30(7-3)24-12-9-8-11-22(20)24/h8-9,11-14,17-18H,5-7,10,15-16,19H2,1-4H3,(H,28,33). The van der Waals surface area contributed by atoms with Crippen LogP contribution in [0.25, 0.3) is 10.9 Å². The molecule has 0 aliphatic heterocycles. The number of hydrogen-bond acceptors (Lipinski definition) is 3. The van der Waals surface area contributed by atoms with Gasteiger partial charge in [0.15, 0.2) is 5.11 Å². The van der Waals surface area contributed by atoms with Gasteiger partial charge in [0.2, 0.25) is 0 Å². The molecule has 0 aliphatic carbocycles. The van der Waals surface area contributed by atoms with Gasteiger partial charge in [-0.15, -0.1) is 0 Å². The van der Waals surface area contributed by atoms with Crippen LogP contribution in [-0.2, 0) is 13.1 Å². The van der Waals surface area contributed by atoms with Gasteiger partial charge in [0, 0.05) is 42.4 Å². The summed E-state index contributed by atoms with van der Waals surface area (Å²) in [6.07, 6.45) is 3.30. The van der Waals surface area contributed by atoms with E-state index in [0.717, 1.165) is 51.4 Å². The number of halogens is 1.